The highest BCUT2D eigenvalue weighted by Crippen LogP contribution is 2.39. The summed E-state index contributed by atoms with van der Waals surface area (Å²) in [6.45, 7) is 0.764. The second kappa shape index (κ2) is 7.54. The fourth-order valence-corrected chi connectivity index (χ4v) is 4.02. The van der Waals surface area contributed by atoms with Gasteiger partial charge < -0.3 is 10.0 Å². The summed E-state index contributed by atoms with van der Waals surface area (Å²) in [4.78, 5) is 13.7. The average Bonchev–Trinajstić information content (AvgIpc) is 2.79. The van der Waals surface area contributed by atoms with Crippen molar-refractivity contribution in [1.82, 2.24) is 4.90 Å². The van der Waals surface area contributed by atoms with E-state index in [1.54, 1.807) is 28.8 Å². The molecule has 0 bridgehead atoms. The molecule has 0 radical (unpaired) electrons. The zero-order valence-electron chi connectivity index (χ0n) is 10.7. The monoisotopic (exact) mass is 335 g/mol. The zero-order valence-corrected chi connectivity index (χ0v) is 13.1. The van der Waals surface area contributed by atoms with Crippen LogP contribution >= 0.6 is 35.1 Å². The summed E-state index contributed by atoms with van der Waals surface area (Å²) >= 11 is 8.93. The van der Waals surface area contributed by atoms with Gasteiger partial charge in [0.2, 0.25) is 5.91 Å². The number of halogens is 2. The van der Waals surface area contributed by atoms with Crippen LogP contribution in [0.1, 0.15) is 10.9 Å². The number of amides is 1. The van der Waals surface area contributed by atoms with E-state index in [0.29, 0.717) is 18.1 Å². The second-order valence-corrected chi connectivity index (χ2v) is 6.96. The van der Waals surface area contributed by atoms with Crippen LogP contribution in [0.25, 0.3) is 0 Å². The van der Waals surface area contributed by atoms with Crippen LogP contribution in [0.4, 0.5) is 4.39 Å². The van der Waals surface area contributed by atoms with Crippen molar-refractivity contribution in [3.63, 3.8) is 0 Å². The summed E-state index contributed by atoms with van der Waals surface area (Å²) in [5, 5.41) is 8.72. The van der Waals surface area contributed by atoms with Gasteiger partial charge in [-0.3, -0.25) is 4.79 Å². The lowest BCUT2D eigenvalue weighted by molar-refractivity contribution is -0.127. The van der Waals surface area contributed by atoms with E-state index >= 15 is 0 Å². The summed E-state index contributed by atoms with van der Waals surface area (Å²) in [5.41, 5.74) is 0.847. The molecule has 7 heteroatoms. The standard InChI is InChI=1S/C13H15ClFNO2S2/c14-10-7-9(1-2-11(10)15)13-16(12(18)8-20-13)3-5-19-6-4-17/h1-2,7,13,17H,3-6,8H2. The summed E-state index contributed by atoms with van der Waals surface area (Å²) in [5.74, 6) is 1.52. The van der Waals surface area contributed by atoms with Crippen molar-refractivity contribution >= 4 is 41.0 Å². The molecule has 1 aliphatic heterocycles. The van der Waals surface area contributed by atoms with Gasteiger partial charge in [-0.25, -0.2) is 4.39 Å². The Morgan fingerprint density at radius 2 is 2.30 bits per heavy atom. The third-order valence-electron chi connectivity index (χ3n) is 2.91. The lowest BCUT2D eigenvalue weighted by Crippen LogP contribution is -2.30. The maximum atomic E-state index is 13.2. The van der Waals surface area contributed by atoms with Gasteiger partial charge in [0.05, 0.1) is 17.4 Å². The Kier molecular flexibility index (Phi) is 6.01. The number of thioether (sulfide) groups is 2. The molecular formula is C13H15ClFNO2S2. The third kappa shape index (κ3) is 3.81. The van der Waals surface area contributed by atoms with Crippen molar-refractivity contribution in [2.45, 2.75) is 5.37 Å². The smallest absolute Gasteiger partial charge is 0.233 e. The molecule has 0 saturated carbocycles. The highest BCUT2D eigenvalue weighted by Gasteiger charge is 2.32. The molecule has 1 saturated heterocycles. The summed E-state index contributed by atoms with van der Waals surface area (Å²) < 4.78 is 13.2. The molecular weight excluding hydrogens is 321 g/mol. The van der Waals surface area contributed by atoms with E-state index in [2.05, 4.69) is 0 Å². The number of hydrogen-bond acceptors (Lipinski definition) is 4. The number of rotatable bonds is 6. The van der Waals surface area contributed by atoms with E-state index in [0.717, 1.165) is 11.3 Å². The Morgan fingerprint density at radius 3 is 3.00 bits per heavy atom. The molecule has 0 spiro atoms. The maximum absolute atomic E-state index is 13.2. The number of nitrogens with zero attached hydrogens (tertiary/aromatic N) is 1. The fraction of sp³-hybridized carbons (Fsp3) is 0.462. The van der Waals surface area contributed by atoms with Gasteiger partial charge in [0.15, 0.2) is 0 Å². The molecule has 20 heavy (non-hydrogen) atoms. The van der Waals surface area contributed by atoms with Crippen LogP contribution in [0.2, 0.25) is 5.02 Å². The molecule has 0 aromatic heterocycles. The highest BCUT2D eigenvalue weighted by molar-refractivity contribution is 8.00. The normalized spacial score (nSPS) is 18.9. The van der Waals surface area contributed by atoms with Crippen molar-refractivity contribution < 1.29 is 14.3 Å². The second-order valence-electron chi connectivity index (χ2n) is 4.26. The van der Waals surface area contributed by atoms with E-state index in [4.69, 9.17) is 16.7 Å². The van der Waals surface area contributed by atoms with Crippen LogP contribution in [-0.2, 0) is 4.79 Å². The zero-order chi connectivity index (χ0) is 14.5. The number of carbonyl (C=O) groups excluding carboxylic acids is 1. The quantitative estimate of drug-likeness (QED) is 0.812. The number of hydrogen-bond donors (Lipinski definition) is 1. The van der Waals surface area contributed by atoms with Gasteiger partial charge in [0.25, 0.3) is 0 Å². The maximum Gasteiger partial charge on any atom is 0.233 e. The fourth-order valence-electron chi connectivity index (χ4n) is 1.97. The topological polar surface area (TPSA) is 40.5 Å². The molecule has 1 N–H and O–H groups in total. The molecule has 1 aromatic rings. The van der Waals surface area contributed by atoms with Crippen LogP contribution in [-0.4, -0.2) is 46.3 Å². The first kappa shape index (κ1) is 15.9. The Balaban J connectivity index is 2.05. The Hall–Kier alpha value is -0.430. The summed E-state index contributed by atoms with van der Waals surface area (Å²) in [7, 11) is 0. The minimum absolute atomic E-state index is 0.0806. The Morgan fingerprint density at radius 1 is 1.50 bits per heavy atom. The van der Waals surface area contributed by atoms with E-state index in [9.17, 15) is 9.18 Å². The predicted octanol–water partition coefficient (Wildman–Crippen LogP) is 2.78. The highest BCUT2D eigenvalue weighted by atomic mass is 35.5. The molecule has 3 nitrogen and oxygen atoms in total. The molecule has 1 heterocycles. The van der Waals surface area contributed by atoms with Crippen molar-refractivity contribution in [3.05, 3.63) is 34.6 Å². The minimum atomic E-state index is -0.449. The molecule has 2 rings (SSSR count). The van der Waals surface area contributed by atoms with E-state index < -0.39 is 5.82 Å². The van der Waals surface area contributed by atoms with E-state index in [1.165, 1.54) is 17.8 Å². The van der Waals surface area contributed by atoms with Crippen LogP contribution in [0.3, 0.4) is 0 Å². The van der Waals surface area contributed by atoms with Gasteiger partial charge in [-0.05, 0) is 17.7 Å². The molecule has 1 unspecified atom stereocenters. The van der Waals surface area contributed by atoms with E-state index in [-0.39, 0.29) is 22.9 Å². The Labute approximate surface area is 130 Å². The van der Waals surface area contributed by atoms with Crippen LogP contribution in [0.15, 0.2) is 18.2 Å². The lowest BCUT2D eigenvalue weighted by atomic mass is 10.2. The SMILES string of the molecule is O=C1CSC(c2ccc(F)c(Cl)c2)N1CCSCCO. The molecule has 1 fully saturated rings. The van der Waals surface area contributed by atoms with Gasteiger partial charge in [0, 0.05) is 18.1 Å². The van der Waals surface area contributed by atoms with Crippen LogP contribution < -0.4 is 0 Å². The number of aliphatic hydroxyl groups is 1. The number of carbonyl (C=O) groups is 1. The van der Waals surface area contributed by atoms with Crippen molar-refractivity contribution in [2.75, 3.05) is 30.4 Å². The first-order chi connectivity index (χ1) is 9.63. The Bertz CT molecular complexity index is 489. The molecule has 0 aliphatic carbocycles. The first-order valence-electron chi connectivity index (χ1n) is 6.18. The molecule has 110 valence electrons. The molecule has 1 aromatic carbocycles. The van der Waals surface area contributed by atoms with E-state index in [1.807, 2.05) is 0 Å². The summed E-state index contributed by atoms with van der Waals surface area (Å²) in [6, 6.07) is 4.59. The van der Waals surface area contributed by atoms with Gasteiger partial charge in [0.1, 0.15) is 11.2 Å². The number of aliphatic hydroxyl groups excluding tert-OH is 1. The average molecular weight is 336 g/mol. The minimum Gasteiger partial charge on any atom is -0.396 e. The largest absolute Gasteiger partial charge is 0.396 e. The van der Waals surface area contributed by atoms with Crippen molar-refractivity contribution in [2.24, 2.45) is 0 Å². The summed E-state index contributed by atoms with van der Waals surface area (Å²) in [6.07, 6.45) is 0. The predicted molar refractivity (Wildman–Crippen MR) is 82.7 cm³/mol. The third-order valence-corrected chi connectivity index (χ3v) is 5.40. The lowest BCUT2D eigenvalue weighted by Gasteiger charge is -2.24. The van der Waals surface area contributed by atoms with Crippen molar-refractivity contribution in [1.29, 1.82) is 0 Å². The molecule has 1 aliphatic rings. The van der Waals surface area contributed by atoms with Crippen LogP contribution in [0.5, 0.6) is 0 Å². The van der Waals surface area contributed by atoms with Crippen LogP contribution in [0, 0.1) is 5.82 Å². The van der Waals surface area contributed by atoms with Gasteiger partial charge in [-0.1, -0.05) is 17.7 Å². The van der Waals surface area contributed by atoms with Gasteiger partial charge in [-0.15, -0.1) is 11.8 Å². The van der Waals surface area contributed by atoms with Crippen molar-refractivity contribution in [3.8, 4) is 0 Å². The number of benzene rings is 1. The van der Waals surface area contributed by atoms with Gasteiger partial charge >= 0.3 is 0 Å². The molecule has 1 atom stereocenters. The first-order valence-corrected chi connectivity index (χ1v) is 8.76. The molecule has 1 amide bonds. The van der Waals surface area contributed by atoms with Gasteiger partial charge in [-0.2, -0.15) is 11.8 Å².